The first-order chi connectivity index (χ1) is 9.10. The molecule has 0 saturated carbocycles. The summed E-state index contributed by atoms with van der Waals surface area (Å²) >= 11 is 0. The van der Waals surface area contributed by atoms with Gasteiger partial charge in [-0.1, -0.05) is 13.8 Å². The van der Waals surface area contributed by atoms with E-state index in [1.54, 1.807) is 0 Å². The molecule has 0 radical (unpaired) electrons. The van der Waals surface area contributed by atoms with Gasteiger partial charge in [0.25, 0.3) is 0 Å². The van der Waals surface area contributed by atoms with Gasteiger partial charge >= 0.3 is 0 Å². The van der Waals surface area contributed by atoms with Gasteiger partial charge in [-0.25, -0.2) is 4.98 Å². The number of nitrogens with zero attached hydrogens (tertiary/aromatic N) is 2. The Labute approximate surface area is 117 Å². The fourth-order valence-electron chi connectivity index (χ4n) is 2.98. The summed E-state index contributed by atoms with van der Waals surface area (Å²) in [5.74, 6) is 2.86. The van der Waals surface area contributed by atoms with Crippen molar-refractivity contribution in [3.05, 3.63) is 23.4 Å². The first-order valence-corrected chi connectivity index (χ1v) is 7.47. The smallest absolute Gasteiger partial charge is 0.129 e. The number of hydrogen-bond donors (Lipinski definition) is 1. The van der Waals surface area contributed by atoms with Gasteiger partial charge in [-0.05, 0) is 56.3 Å². The van der Waals surface area contributed by atoms with Crippen molar-refractivity contribution in [3.63, 3.8) is 0 Å². The molecule has 3 nitrogen and oxygen atoms in total. The molecule has 0 aromatic carbocycles. The lowest BCUT2D eigenvalue weighted by Gasteiger charge is -2.34. The van der Waals surface area contributed by atoms with Crippen LogP contribution in [0, 0.1) is 18.8 Å². The first-order valence-electron chi connectivity index (χ1n) is 7.47. The van der Waals surface area contributed by atoms with Crippen LogP contribution in [0.1, 0.15) is 37.9 Å². The largest absolute Gasteiger partial charge is 0.357 e. The van der Waals surface area contributed by atoms with Gasteiger partial charge in [0.15, 0.2) is 0 Å². The van der Waals surface area contributed by atoms with Crippen molar-refractivity contribution in [2.75, 3.05) is 25.0 Å². The van der Waals surface area contributed by atoms with Crippen LogP contribution in [0.5, 0.6) is 0 Å². The number of piperidine rings is 1. The summed E-state index contributed by atoms with van der Waals surface area (Å²) in [7, 11) is 1.99. The third-order valence-corrected chi connectivity index (χ3v) is 4.19. The number of aryl methyl sites for hydroxylation is 1. The van der Waals surface area contributed by atoms with Crippen molar-refractivity contribution < 1.29 is 0 Å². The Morgan fingerprint density at radius 2 is 2.00 bits per heavy atom. The summed E-state index contributed by atoms with van der Waals surface area (Å²) in [5.41, 5.74) is 2.45. The fraction of sp³-hybridized carbons (Fsp3) is 0.688. The summed E-state index contributed by atoms with van der Waals surface area (Å²) in [6.45, 7) is 9.99. The molecule has 19 heavy (non-hydrogen) atoms. The monoisotopic (exact) mass is 261 g/mol. The molecule has 1 fully saturated rings. The van der Waals surface area contributed by atoms with E-state index >= 15 is 0 Å². The molecule has 2 rings (SSSR count). The molecule has 0 spiro atoms. The molecule has 0 aliphatic carbocycles. The van der Waals surface area contributed by atoms with Crippen LogP contribution in [0.25, 0.3) is 0 Å². The van der Waals surface area contributed by atoms with Crippen LogP contribution in [-0.2, 0) is 6.54 Å². The van der Waals surface area contributed by atoms with Gasteiger partial charge in [0, 0.05) is 25.3 Å². The second-order valence-corrected chi connectivity index (χ2v) is 6.07. The van der Waals surface area contributed by atoms with E-state index < -0.39 is 0 Å². The van der Waals surface area contributed by atoms with E-state index in [0.717, 1.165) is 43.0 Å². The molecule has 2 heterocycles. The van der Waals surface area contributed by atoms with E-state index in [0.29, 0.717) is 0 Å². The molecule has 0 amide bonds. The van der Waals surface area contributed by atoms with E-state index in [1.165, 1.54) is 18.4 Å². The Balaban J connectivity index is 2.06. The molecule has 1 aliphatic heterocycles. The number of hydrogen-bond acceptors (Lipinski definition) is 3. The molecule has 3 heteroatoms. The van der Waals surface area contributed by atoms with Gasteiger partial charge in [-0.3, -0.25) is 0 Å². The van der Waals surface area contributed by atoms with Gasteiger partial charge in [0.2, 0.25) is 0 Å². The lowest BCUT2D eigenvalue weighted by atomic mass is 9.87. The van der Waals surface area contributed by atoms with Crippen LogP contribution in [0.15, 0.2) is 12.1 Å². The number of rotatable bonds is 4. The molecule has 0 bridgehead atoms. The first kappa shape index (κ1) is 14.3. The maximum Gasteiger partial charge on any atom is 0.129 e. The van der Waals surface area contributed by atoms with Crippen LogP contribution < -0.4 is 10.2 Å². The highest BCUT2D eigenvalue weighted by Crippen LogP contribution is 2.27. The third-order valence-electron chi connectivity index (χ3n) is 4.19. The highest BCUT2D eigenvalue weighted by molar-refractivity contribution is 5.43. The average Bonchev–Trinajstić information content (AvgIpc) is 2.38. The normalized spacial score (nSPS) is 17.2. The Bertz CT molecular complexity index is 406. The number of nitrogens with one attached hydrogen (secondary N) is 1. The quantitative estimate of drug-likeness (QED) is 0.903. The van der Waals surface area contributed by atoms with E-state index in [9.17, 15) is 0 Å². The van der Waals surface area contributed by atoms with Gasteiger partial charge in [-0.2, -0.15) is 0 Å². The lowest BCUT2D eigenvalue weighted by Crippen LogP contribution is -2.35. The molecule has 0 atom stereocenters. The molecule has 1 N–H and O–H groups in total. The predicted octanol–water partition coefficient (Wildman–Crippen LogP) is 2.98. The van der Waals surface area contributed by atoms with E-state index in [2.05, 4.69) is 43.1 Å². The summed E-state index contributed by atoms with van der Waals surface area (Å²) < 4.78 is 0. The van der Waals surface area contributed by atoms with Crippen LogP contribution in [-0.4, -0.2) is 25.1 Å². The number of aromatic nitrogens is 1. The Morgan fingerprint density at radius 3 is 2.58 bits per heavy atom. The maximum atomic E-state index is 4.71. The minimum atomic E-state index is 0.812. The zero-order valence-corrected chi connectivity index (χ0v) is 12.7. The number of anilines is 1. The minimum Gasteiger partial charge on any atom is -0.357 e. The molecule has 1 aliphatic rings. The van der Waals surface area contributed by atoms with Gasteiger partial charge in [-0.15, -0.1) is 0 Å². The second-order valence-electron chi connectivity index (χ2n) is 6.07. The minimum absolute atomic E-state index is 0.812. The zero-order valence-electron chi connectivity index (χ0n) is 12.7. The highest BCUT2D eigenvalue weighted by Gasteiger charge is 2.22. The molecular formula is C16H27N3. The van der Waals surface area contributed by atoms with Crippen LogP contribution in [0.2, 0.25) is 0 Å². The van der Waals surface area contributed by atoms with Crippen LogP contribution in [0.3, 0.4) is 0 Å². The van der Waals surface area contributed by atoms with E-state index in [4.69, 9.17) is 4.98 Å². The number of pyridine rings is 1. The standard InChI is InChI=1S/C16H27N3/c1-12(2)15-5-7-19(8-6-15)16-10-14(11-17-4)9-13(3)18-16/h9-10,12,15,17H,5-8,11H2,1-4H3. The van der Waals surface area contributed by atoms with Crippen molar-refractivity contribution >= 4 is 5.82 Å². The van der Waals surface area contributed by atoms with Crippen molar-refractivity contribution in [1.29, 1.82) is 0 Å². The van der Waals surface area contributed by atoms with Crippen molar-refractivity contribution in [1.82, 2.24) is 10.3 Å². The average molecular weight is 261 g/mol. The SMILES string of the molecule is CNCc1cc(C)nc(N2CCC(C(C)C)CC2)c1. The van der Waals surface area contributed by atoms with Crippen molar-refractivity contribution in [3.8, 4) is 0 Å². The van der Waals surface area contributed by atoms with E-state index in [1.807, 2.05) is 7.05 Å². The summed E-state index contributed by atoms with van der Waals surface area (Å²) in [6, 6.07) is 4.40. The van der Waals surface area contributed by atoms with Crippen LogP contribution in [0.4, 0.5) is 5.82 Å². The zero-order chi connectivity index (χ0) is 13.8. The van der Waals surface area contributed by atoms with Gasteiger partial charge in [0.1, 0.15) is 5.82 Å². The summed E-state index contributed by atoms with van der Waals surface area (Å²) in [4.78, 5) is 7.16. The molecule has 1 aromatic rings. The van der Waals surface area contributed by atoms with Crippen LogP contribution >= 0.6 is 0 Å². The lowest BCUT2D eigenvalue weighted by molar-refractivity contribution is 0.310. The Hall–Kier alpha value is -1.09. The molecule has 106 valence electrons. The highest BCUT2D eigenvalue weighted by atomic mass is 15.2. The summed E-state index contributed by atoms with van der Waals surface area (Å²) in [5, 5.41) is 3.22. The van der Waals surface area contributed by atoms with Crippen molar-refractivity contribution in [2.24, 2.45) is 11.8 Å². The molecule has 0 unspecified atom stereocenters. The molecule has 1 aromatic heterocycles. The Kier molecular flexibility index (Phi) is 4.81. The maximum absolute atomic E-state index is 4.71. The molecular weight excluding hydrogens is 234 g/mol. The predicted molar refractivity (Wildman–Crippen MR) is 81.5 cm³/mol. The molecule has 1 saturated heterocycles. The third kappa shape index (κ3) is 3.69. The summed E-state index contributed by atoms with van der Waals surface area (Å²) in [6.07, 6.45) is 2.60. The second kappa shape index (κ2) is 6.38. The van der Waals surface area contributed by atoms with E-state index in [-0.39, 0.29) is 0 Å². The fourth-order valence-corrected chi connectivity index (χ4v) is 2.98. The topological polar surface area (TPSA) is 28.2 Å². The van der Waals surface area contributed by atoms with Gasteiger partial charge in [0.05, 0.1) is 0 Å². The Morgan fingerprint density at radius 1 is 1.32 bits per heavy atom. The van der Waals surface area contributed by atoms with Crippen molar-refractivity contribution in [2.45, 2.75) is 40.2 Å². The van der Waals surface area contributed by atoms with Gasteiger partial charge < -0.3 is 10.2 Å².